The van der Waals surface area contributed by atoms with Gasteiger partial charge in [-0.25, -0.2) is 0 Å². The second kappa shape index (κ2) is 9.80. The minimum absolute atomic E-state index is 0.193. The van der Waals surface area contributed by atoms with Crippen LogP contribution in [0.25, 0.3) is 0 Å². The molecule has 1 aliphatic heterocycles. The van der Waals surface area contributed by atoms with Crippen LogP contribution in [0.4, 0.5) is 0 Å². The number of hydrogen-bond donors (Lipinski definition) is 0. The summed E-state index contributed by atoms with van der Waals surface area (Å²) in [6.07, 6.45) is 1.17. The Kier molecular flexibility index (Phi) is 7.18. The van der Waals surface area contributed by atoms with Crippen molar-refractivity contribution < 1.29 is 14.3 Å². The standard InChI is InChI=1S/C22H27ClN2O3/c1-27-19-8-9-21(28-2)18(15-19)16-24-11-13-25(14-12-24)22(26)10-7-17-5-3-4-6-20(17)23/h3-6,8-9,15H,7,10-14,16H2,1-2H3. The summed E-state index contributed by atoms with van der Waals surface area (Å²) in [5, 5.41) is 0.729. The first-order chi connectivity index (χ1) is 13.6. The van der Waals surface area contributed by atoms with E-state index in [-0.39, 0.29) is 5.91 Å². The Balaban J connectivity index is 1.50. The maximum atomic E-state index is 12.6. The molecule has 1 amide bonds. The van der Waals surface area contributed by atoms with Gasteiger partial charge >= 0.3 is 0 Å². The molecule has 1 aliphatic rings. The molecule has 0 aromatic heterocycles. The Morgan fingerprint density at radius 2 is 1.75 bits per heavy atom. The maximum absolute atomic E-state index is 12.6. The van der Waals surface area contributed by atoms with E-state index in [1.54, 1.807) is 14.2 Å². The molecule has 0 spiro atoms. The van der Waals surface area contributed by atoms with Crippen molar-refractivity contribution in [1.29, 1.82) is 0 Å². The van der Waals surface area contributed by atoms with E-state index in [4.69, 9.17) is 21.1 Å². The van der Waals surface area contributed by atoms with Crippen LogP contribution < -0.4 is 9.47 Å². The zero-order valence-electron chi connectivity index (χ0n) is 16.5. The van der Waals surface area contributed by atoms with Crippen LogP contribution in [-0.4, -0.2) is 56.1 Å². The highest BCUT2D eigenvalue weighted by Gasteiger charge is 2.22. The number of hydrogen-bond acceptors (Lipinski definition) is 4. The second-order valence-corrected chi connectivity index (χ2v) is 7.33. The van der Waals surface area contributed by atoms with Crippen molar-refractivity contribution in [3.8, 4) is 11.5 Å². The lowest BCUT2D eigenvalue weighted by Crippen LogP contribution is -2.48. The number of rotatable bonds is 7. The van der Waals surface area contributed by atoms with E-state index in [1.165, 1.54) is 0 Å². The minimum Gasteiger partial charge on any atom is -0.497 e. The molecule has 0 atom stereocenters. The lowest BCUT2D eigenvalue weighted by atomic mass is 10.1. The number of ether oxygens (including phenoxy) is 2. The molecule has 2 aromatic carbocycles. The molecule has 1 saturated heterocycles. The summed E-state index contributed by atoms with van der Waals surface area (Å²) in [4.78, 5) is 16.9. The fourth-order valence-electron chi connectivity index (χ4n) is 3.50. The molecule has 0 saturated carbocycles. The van der Waals surface area contributed by atoms with Crippen LogP contribution in [0.1, 0.15) is 17.5 Å². The van der Waals surface area contributed by atoms with Crippen LogP contribution in [0.5, 0.6) is 11.5 Å². The number of methoxy groups -OCH3 is 2. The van der Waals surface area contributed by atoms with Crippen molar-refractivity contribution in [3.63, 3.8) is 0 Å². The van der Waals surface area contributed by atoms with Gasteiger partial charge in [0.1, 0.15) is 11.5 Å². The monoisotopic (exact) mass is 402 g/mol. The molecule has 0 bridgehead atoms. The van der Waals surface area contributed by atoms with Crippen molar-refractivity contribution in [1.82, 2.24) is 9.80 Å². The quantitative estimate of drug-likeness (QED) is 0.709. The minimum atomic E-state index is 0.193. The van der Waals surface area contributed by atoms with Crippen LogP contribution in [0, 0.1) is 0 Å². The second-order valence-electron chi connectivity index (χ2n) is 6.93. The number of piperazine rings is 1. The van der Waals surface area contributed by atoms with E-state index in [2.05, 4.69) is 4.90 Å². The van der Waals surface area contributed by atoms with E-state index in [9.17, 15) is 4.79 Å². The van der Waals surface area contributed by atoms with Gasteiger partial charge in [0.15, 0.2) is 0 Å². The molecule has 28 heavy (non-hydrogen) atoms. The Labute approximate surface area is 171 Å². The van der Waals surface area contributed by atoms with Gasteiger partial charge in [0.25, 0.3) is 0 Å². The van der Waals surface area contributed by atoms with Gasteiger partial charge in [0.2, 0.25) is 5.91 Å². The Bertz CT molecular complexity index is 804. The van der Waals surface area contributed by atoms with Crippen LogP contribution in [-0.2, 0) is 17.8 Å². The number of benzene rings is 2. The Hall–Kier alpha value is -2.24. The molecule has 3 rings (SSSR count). The summed E-state index contributed by atoms with van der Waals surface area (Å²) >= 11 is 6.19. The molecule has 6 heteroatoms. The van der Waals surface area contributed by atoms with Gasteiger partial charge in [-0.2, -0.15) is 0 Å². The van der Waals surface area contributed by atoms with Crippen molar-refractivity contribution in [3.05, 3.63) is 58.6 Å². The van der Waals surface area contributed by atoms with E-state index in [0.717, 1.165) is 60.4 Å². The fraction of sp³-hybridized carbons (Fsp3) is 0.409. The summed E-state index contributed by atoms with van der Waals surface area (Å²) in [5.74, 6) is 1.88. The molecular weight excluding hydrogens is 376 g/mol. The molecule has 0 unspecified atom stereocenters. The highest BCUT2D eigenvalue weighted by atomic mass is 35.5. The Morgan fingerprint density at radius 3 is 2.43 bits per heavy atom. The molecule has 0 radical (unpaired) electrons. The van der Waals surface area contributed by atoms with Gasteiger partial charge in [0, 0.05) is 49.7 Å². The lowest BCUT2D eigenvalue weighted by Gasteiger charge is -2.35. The highest BCUT2D eigenvalue weighted by Crippen LogP contribution is 2.25. The zero-order chi connectivity index (χ0) is 19.9. The van der Waals surface area contributed by atoms with Gasteiger partial charge in [-0.15, -0.1) is 0 Å². The first-order valence-corrected chi connectivity index (χ1v) is 9.93. The average Bonchev–Trinajstić information content (AvgIpc) is 2.73. The third-order valence-corrected chi connectivity index (χ3v) is 5.54. The van der Waals surface area contributed by atoms with Crippen molar-refractivity contribution >= 4 is 17.5 Å². The van der Waals surface area contributed by atoms with Crippen LogP contribution in [0.15, 0.2) is 42.5 Å². The third-order valence-electron chi connectivity index (χ3n) is 5.17. The fourth-order valence-corrected chi connectivity index (χ4v) is 3.73. The predicted molar refractivity (Wildman–Crippen MR) is 111 cm³/mol. The first-order valence-electron chi connectivity index (χ1n) is 9.55. The summed E-state index contributed by atoms with van der Waals surface area (Å²) in [6.45, 7) is 3.96. The van der Waals surface area contributed by atoms with Crippen molar-refractivity contribution in [2.45, 2.75) is 19.4 Å². The zero-order valence-corrected chi connectivity index (χ0v) is 17.2. The highest BCUT2D eigenvalue weighted by molar-refractivity contribution is 6.31. The molecule has 0 N–H and O–H groups in total. The van der Waals surface area contributed by atoms with Crippen LogP contribution >= 0.6 is 11.6 Å². The van der Waals surface area contributed by atoms with Crippen LogP contribution in [0.2, 0.25) is 5.02 Å². The summed E-state index contributed by atoms with van der Waals surface area (Å²) in [5.41, 5.74) is 2.13. The predicted octanol–water partition coefficient (Wildman–Crippen LogP) is 3.63. The molecular formula is C22H27ClN2O3. The van der Waals surface area contributed by atoms with E-state index < -0.39 is 0 Å². The number of aryl methyl sites for hydroxylation is 1. The van der Waals surface area contributed by atoms with Gasteiger partial charge < -0.3 is 14.4 Å². The van der Waals surface area contributed by atoms with Gasteiger partial charge in [-0.1, -0.05) is 29.8 Å². The molecule has 0 aliphatic carbocycles. The average molecular weight is 403 g/mol. The lowest BCUT2D eigenvalue weighted by molar-refractivity contribution is -0.133. The molecule has 1 fully saturated rings. The Morgan fingerprint density at radius 1 is 1.00 bits per heavy atom. The summed E-state index contributed by atoms with van der Waals surface area (Å²) < 4.78 is 10.8. The normalized spacial score (nSPS) is 14.8. The maximum Gasteiger partial charge on any atom is 0.222 e. The SMILES string of the molecule is COc1ccc(OC)c(CN2CCN(C(=O)CCc3ccccc3Cl)CC2)c1. The van der Waals surface area contributed by atoms with Gasteiger partial charge in [-0.3, -0.25) is 9.69 Å². The summed E-state index contributed by atoms with van der Waals surface area (Å²) in [6, 6.07) is 13.6. The van der Waals surface area contributed by atoms with Crippen LogP contribution in [0.3, 0.4) is 0 Å². The molecule has 2 aromatic rings. The van der Waals surface area contributed by atoms with Crippen molar-refractivity contribution in [2.24, 2.45) is 0 Å². The third kappa shape index (κ3) is 5.18. The molecule has 1 heterocycles. The summed E-state index contributed by atoms with van der Waals surface area (Å²) in [7, 11) is 3.35. The van der Waals surface area contributed by atoms with E-state index in [0.29, 0.717) is 12.8 Å². The van der Waals surface area contributed by atoms with E-state index >= 15 is 0 Å². The largest absolute Gasteiger partial charge is 0.497 e. The number of nitrogens with zero attached hydrogens (tertiary/aromatic N) is 2. The molecule has 150 valence electrons. The van der Waals surface area contributed by atoms with Gasteiger partial charge in [0.05, 0.1) is 14.2 Å². The molecule has 5 nitrogen and oxygen atoms in total. The number of amides is 1. The number of halogens is 1. The topological polar surface area (TPSA) is 42.0 Å². The first kappa shape index (κ1) is 20.5. The smallest absolute Gasteiger partial charge is 0.222 e. The number of carbonyl (C=O) groups excluding carboxylic acids is 1. The van der Waals surface area contributed by atoms with E-state index in [1.807, 2.05) is 47.4 Å². The van der Waals surface area contributed by atoms with Crippen molar-refractivity contribution in [2.75, 3.05) is 40.4 Å². The van der Waals surface area contributed by atoms with Gasteiger partial charge in [-0.05, 0) is 36.2 Å². The number of carbonyl (C=O) groups is 1.